The summed E-state index contributed by atoms with van der Waals surface area (Å²) in [4.78, 5) is 38.0. The van der Waals surface area contributed by atoms with Crippen LogP contribution in [0.2, 0.25) is 0 Å². The highest BCUT2D eigenvalue weighted by molar-refractivity contribution is 7.80. The summed E-state index contributed by atoms with van der Waals surface area (Å²) >= 11 is 5.31. The van der Waals surface area contributed by atoms with Gasteiger partial charge in [0, 0.05) is 18.7 Å². The van der Waals surface area contributed by atoms with Gasteiger partial charge in [-0.15, -0.1) is 0 Å². The van der Waals surface area contributed by atoms with Gasteiger partial charge in [-0.25, -0.2) is 0 Å². The summed E-state index contributed by atoms with van der Waals surface area (Å²) in [6, 6.07) is 6.28. The molecule has 1 aromatic carbocycles. The molecule has 0 saturated carbocycles. The van der Waals surface area contributed by atoms with Crippen LogP contribution in [-0.2, 0) is 14.3 Å². The third kappa shape index (κ3) is 5.26. The van der Waals surface area contributed by atoms with Crippen molar-refractivity contribution in [2.45, 2.75) is 32.7 Å². The van der Waals surface area contributed by atoms with Crippen molar-refractivity contribution in [3.8, 4) is 0 Å². The second kappa shape index (κ2) is 9.28. The number of nitrogens with one attached hydrogen (secondary N) is 2. The molecule has 1 aliphatic rings. The number of piperazine rings is 1. The van der Waals surface area contributed by atoms with Crippen LogP contribution in [0.1, 0.15) is 35.7 Å². The Hall–Kier alpha value is -2.48. The Kier molecular flexibility index (Phi) is 7.08. The molecule has 2 rings (SSSR count). The molecule has 1 saturated heterocycles. The Labute approximate surface area is 158 Å². The predicted octanol–water partition coefficient (Wildman–Crippen LogP) is 1.15. The topological polar surface area (TPSA) is 87.7 Å². The quantitative estimate of drug-likeness (QED) is 0.591. The first-order valence-electron chi connectivity index (χ1n) is 8.54. The van der Waals surface area contributed by atoms with E-state index in [1.807, 2.05) is 26.0 Å². The molecule has 7 nitrogen and oxygen atoms in total. The molecular weight excluding hydrogens is 354 g/mol. The van der Waals surface area contributed by atoms with Crippen molar-refractivity contribution in [3.63, 3.8) is 0 Å². The van der Waals surface area contributed by atoms with Crippen molar-refractivity contribution in [2.24, 2.45) is 0 Å². The van der Waals surface area contributed by atoms with Crippen LogP contribution in [0.15, 0.2) is 24.3 Å². The van der Waals surface area contributed by atoms with Gasteiger partial charge in [-0.3, -0.25) is 19.7 Å². The number of carbonyl (C=O) groups excluding carboxylic acids is 3. The Morgan fingerprint density at radius 2 is 2.04 bits per heavy atom. The van der Waals surface area contributed by atoms with E-state index in [9.17, 15) is 14.4 Å². The molecule has 2 N–H and O–H groups in total. The lowest BCUT2D eigenvalue weighted by Crippen LogP contribution is -2.60. The summed E-state index contributed by atoms with van der Waals surface area (Å²) < 4.78 is 5.06. The fourth-order valence-corrected chi connectivity index (χ4v) is 2.85. The van der Waals surface area contributed by atoms with Crippen molar-refractivity contribution in [2.75, 3.05) is 19.7 Å². The van der Waals surface area contributed by atoms with E-state index >= 15 is 0 Å². The predicted molar refractivity (Wildman–Crippen MR) is 101 cm³/mol. The zero-order valence-electron chi connectivity index (χ0n) is 14.9. The Balaban J connectivity index is 2.03. The average Bonchev–Trinajstić information content (AvgIpc) is 2.62. The van der Waals surface area contributed by atoms with Gasteiger partial charge in [-0.2, -0.15) is 0 Å². The van der Waals surface area contributed by atoms with E-state index in [1.165, 1.54) is 0 Å². The lowest BCUT2D eigenvalue weighted by atomic mass is 10.1. The van der Waals surface area contributed by atoms with Gasteiger partial charge in [0.05, 0.1) is 13.0 Å². The zero-order valence-corrected chi connectivity index (χ0v) is 15.7. The summed E-state index contributed by atoms with van der Waals surface area (Å²) in [5, 5.41) is 5.47. The molecule has 0 bridgehead atoms. The van der Waals surface area contributed by atoms with Gasteiger partial charge in [0.1, 0.15) is 6.04 Å². The van der Waals surface area contributed by atoms with Crippen LogP contribution in [0.5, 0.6) is 0 Å². The molecule has 140 valence electrons. The molecule has 1 aromatic rings. The van der Waals surface area contributed by atoms with Gasteiger partial charge in [0.25, 0.3) is 5.91 Å². The minimum Gasteiger partial charge on any atom is -0.466 e. The molecule has 8 heteroatoms. The molecule has 0 aromatic heterocycles. The lowest BCUT2D eigenvalue weighted by Gasteiger charge is -2.36. The number of ether oxygens (including phenoxy) is 1. The fourth-order valence-electron chi connectivity index (χ4n) is 2.54. The summed E-state index contributed by atoms with van der Waals surface area (Å²) in [6.45, 7) is 4.93. The van der Waals surface area contributed by atoms with Gasteiger partial charge >= 0.3 is 5.97 Å². The van der Waals surface area contributed by atoms with Gasteiger partial charge < -0.3 is 15.0 Å². The Morgan fingerprint density at radius 3 is 2.69 bits per heavy atom. The molecule has 1 atom stereocenters. The number of esters is 1. The molecule has 1 unspecified atom stereocenters. The zero-order chi connectivity index (χ0) is 19.1. The maximum atomic E-state index is 12.3. The van der Waals surface area contributed by atoms with E-state index in [4.69, 9.17) is 17.0 Å². The van der Waals surface area contributed by atoms with Crippen LogP contribution >= 0.6 is 12.2 Å². The number of thiocarbonyl (C=S) groups is 1. The van der Waals surface area contributed by atoms with Crippen molar-refractivity contribution in [1.82, 2.24) is 15.5 Å². The van der Waals surface area contributed by atoms with Gasteiger partial charge in [-0.1, -0.05) is 24.6 Å². The number of nitrogens with zero attached hydrogens (tertiary/aromatic N) is 1. The van der Waals surface area contributed by atoms with Crippen molar-refractivity contribution in [1.29, 1.82) is 0 Å². The highest BCUT2D eigenvalue weighted by atomic mass is 32.1. The van der Waals surface area contributed by atoms with Crippen molar-refractivity contribution in [3.05, 3.63) is 35.4 Å². The van der Waals surface area contributed by atoms with E-state index in [-0.39, 0.29) is 23.3 Å². The third-order valence-electron chi connectivity index (χ3n) is 3.95. The number of rotatable bonds is 5. The summed E-state index contributed by atoms with van der Waals surface area (Å²) in [6.07, 6.45) is 0.587. The highest BCUT2D eigenvalue weighted by Crippen LogP contribution is 2.11. The first-order chi connectivity index (χ1) is 12.4. The van der Waals surface area contributed by atoms with Crippen LogP contribution in [-0.4, -0.2) is 53.5 Å². The van der Waals surface area contributed by atoms with E-state index in [0.29, 0.717) is 31.7 Å². The minimum atomic E-state index is -0.793. The van der Waals surface area contributed by atoms with Gasteiger partial charge in [0.15, 0.2) is 5.11 Å². The molecule has 0 radical (unpaired) electrons. The standard InChI is InChI=1S/C18H23N3O4S/c1-3-10-25-15(22)11-14-17(24)19-8-9-21(14)18(26)20-16(23)13-6-4-12(2)5-7-13/h4-7,14H,3,8-11H2,1-2H3,(H,19,24)(H,20,23,26). The van der Waals surface area contributed by atoms with E-state index < -0.39 is 12.0 Å². The lowest BCUT2D eigenvalue weighted by molar-refractivity contribution is -0.147. The molecule has 1 fully saturated rings. The Morgan fingerprint density at radius 1 is 1.35 bits per heavy atom. The summed E-state index contributed by atoms with van der Waals surface area (Å²) in [7, 11) is 0. The van der Waals surface area contributed by atoms with Crippen LogP contribution in [0.25, 0.3) is 0 Å². The molecule has 2 amide bonds. The second-order valence-corrected chi connectivity index (χ2v) is 6.44. The maximum absolute atomic E-state index is 12.3. The van der Waals surface area contributed by atoms with Crippen LogP contribution in [0.4, 0.5) is 0 Å². The summed E-state index contributed by atoms with van der Waals surface area (Å²) in [5.74, 6) is -1.13. The largest absolute Gasteiger partial charge is 0.466 e. The number of carbonyl (C=O) groups is 3. The number of amides is 2. The van der Waals surface area contributed by atoms with E-state index in [0.717, 1.165) is 5.56 Å². The second-order valence-electron chi connectivity index (χ2n) is 6.05. The normalized spacial score (nSPS) is 16.6. The molecule has 26 heavy (non-hydrogen) atoms. The third-order valence-corrected chi connectivity index (χ3v) is 4.29. The minimum absolute atomic E-state index is 0.119. The Bertz CT molecular complexity index is 690. The SMILES string of the molecule is CCCOC(=O)CC1C(=O)NCCN1C(=S)NC(=O)c1ccc(C)cc1. The van der Waals surface area contributed by atoms with E-state index in [1.54, 1.807) is 17.0 Å². The van der Waals surface area contributed by atoms with Crippen LogP contribution in [0, 0.1) is 6.92 Å². The fraction of sp³-hybridized carbons (Fsp3) is 0.444. The number of hydrogen-bond donors (Lipinski definition) is 2. The summed E-state index contributed by atoms with van der Waals surface area (Å²) in [5.41, 5.74) is 1.51. The van der Waals surface area contributed by atoms with Crippen LogP contribution < -0.4 is 10.6 Å². The molecule has 0 aliphatic carbocycles. The molecular formula is C18H23N3O4S. The molecule has 1 heterocycles. The number of benzene rings is 1. The average molecular weight is 377 g/mol. The van der Waals surface area contributed by atoms with Crippen molar-refractivity contribution >= 4 is 35.1 Å². The number of hydrogen-bond acceptors (Lipinski definition) is 5. The first kappa shape index (κ1) is 19.8. The molecule has 0 spiro atoms. The first-order valence-corrected chi connectivity index (χ1v) is 8.95. The highest BCUT2D eigenvalue weighted by Gasteiger charge is 2.34. The van der Waals surface area contributed by atoms with Gasteiger partial charge in [0.2, 0.25) is 5.91 Å². The van der Waals surface area contributed by atoms with Crippen LogP contribution in [0.3, 0.4) is 0 Å². The van der Waals surface area contributed by atoms with Gasteiger partial charge in [-0.05, 0) is 37.7 Å². The number of aryl methyl sites for hydroxylation is 1. The van der Waals surface area contributed by atoms with E-state index in [2.05, 4.69) is 10.6 Å². The smallest absolute Gasteiger partial charge is 0.308 e. The maximum Gasteiger partial charge on any atom is 0.308 e. The molecule has 1 aliphatic heterocycles. The van der Waals surface area contributed by atoms with Crippen molar-refractivity contribution < 1.29 is 19.1 Å². The monoisotopic (exact) mass is 377 g/mol.